The van der Waals surface area contributed by atoms with Crippen LogP contribution in [0, 0.1) is 11.6 Å². The van der Waals surface area contributed by atoms with Crippen LogP contribution < -0.4 is 0 Å². The molecule has 0 unspecified atom stereocenters. The van der Waals surface area contributed by atoms with Gasteiger partial charge in [-0.05, 0) is 41.0 Å². The van der Waals surface area contributed by atoms with Crippen LogP contribution in [0.2, 0.25) is 0 Å². The zero-order valence-corrected chi connectivity index (χ0v) is 16.6. The molecule has 0 spiro atoms. The molecule has 0 bridgehead atoms. The van der Waals surface area contributed by atoms with E-state index in [-0.39, 0.29) is 11.6 Å². The lowest BCUT2D eigenvalue weighted by molar-refractivity contribution is 0.631. The first-order chi connectivity index (χ1) is 14.2. The third-order valence-corrected chi connectivity index (χ3v) is 5.47. The van der Waals surface area contributed by atoms with Gasteiger partial charge in [0, 0.05) is 16.5 Å². The lowest BCUT2D eigenvalue weighted by Crippen LogP contribution is -1.90. The standard InChI is InChI=1S/C27H24F2/c1-2-3-4-7-19-10-16-25-22(18-19)15-17-24(27(25)29)21-13-11-20(12-14-21)23-8-5-6-9-26(23)28/h5-6,8-18H,2-4,7H2,1H3. The minimum absolute atomic E-state index is 0.207. The van der Waals surface area contributed by atoms with E-state index in [0.717, 1.165) is 29.4 Å². The third-order valence-electron chi connectivity index (χ3n) is 5.47. The summed E-state index contributed by atoms with van der Waals surface area (Å²) in [7, 11) is 0. The number of fused-ring (bicyclic) bond motifs is 1. The Morgan fingerprint density at radius 3 is 2.14 bits per heavy atom. The number of hydrogen-bond donors (Lipinski definition) is 0. The number of benzene rings is 4. The minimum atomic E-state index is -0.258. The molecule has 4 rings (SSSR count). The molecule has 0 N–H and O–H groups in total. The van der Waals surface area contributed by atoms with Crippen LogP contribution in [-0.4, -0.2) is 0 Å². The Morgan fingerprint density at radius 1 is 0.690 bits per heavy atom. The highest BCUT2D eigenvalue weighted by Gasteiger charge is 2.11. The second-order valence-corrected chi connectivity index (χ2v) is 7.50. The van der Waals surface area contributed by atoms with E-state index < -0.39 is 0 Å². The molecule has 0 heterocycles. The van der Waals surface area contributed by atoms with Gasteiger partial charge in [-0.15, -0.1) is 0 Å². The molecular formula is C27H24F2. The van der Waals surface area contributed by atoms with Crippen LogP contribution in [0.15, 0.2) is 78.9 Å². The number of aryl methyl sites for hydroxylation is 1. The van der Waals surface area contributed by atoms with Crippen molar-refractivity contribution in [1.29, 1.82) is 0 Å². The van der Waals surface area contributed by atoms with E-state index in [2.05, 4.69) is 13.0 Å². The Morgan fingerprint density at radius 2 is 1.41 bits per heavy atom. The Kier molecular flexibility index (Phi) is 5.71. The van der Waals surface area contributed by atoms with Crippen molar-refractivity contribution in [3.05, 3.63) is 96.1 Å². The van der Waals surface area contributed by atoms with Gasteiger partial charge in [-0.1, -0.05) is 92.6 Å². The second-order valence-electron chi connectivity index (χ2n) is 7.50. The van der Waals surface area contributed by atoms with E-state index in [4.69, 9.17) is 0 Å². The minimum Gasteiger partial charge on any atom is -0.206 e. The Labute approximate surface area is 170 Å². The van der Waals surface area contributed by atoms with Crippen molar-refractivity contribution < 1.29 is 8.78 Å². The Bertz CT molecular complexity index is 1130. The third kappa shape index (κ3) is 4.07. The van der Waals surface area contributed by atoms with Gasteiger partial charge >= 0.3 is 0 Å². The summed E-state index contributed by atoms with van der Waals surface area (Å²) in [6.45, 7) is 2.19. The molecule has 0 amide bonds. The van der Waals surface area contributed by atoms with Gasteiger partial charge in [-0.25, -0.2) is 8.78 Å². The van der Waals surface area contributed by atoms with E-state index in [9.17, 15) is 4.39 Å². The Hall–Kier alpha value is -3.00. The highest BCUT2D eigenvalue weighted by molar-refractivity contribution is 5.89. The van der Waals surface area contributed by atoms with Crippen molar-refractivity contribution in [2.45, 2.75) is 32.6 Å². The van der Waals surface area contributed by atoms with Gasteiger partial charge in [0.25, 0.3) is 0 Å². The van der Waals surface area contributed by atoms with Gasteiger partial charge in [-0.3, -0.25) is 0 Å². The van der Waals surface area contributed by atoms with Crippen LogP contribution in [0.25, 0.3) is 33.0 Å². The van der Waals surface area contributed by atoms with Gasteiger partial charge in [0.05, 0.1) is 0 Å². The molecule has 29 heavy (non-hydrogen) atoms. The SMILES string of the molecule is CCCCCc1ccc2c(F)c(-c3ccc(-c4ccccc4F)cc3)ccc2c1. The quantitative estimate of drug-likeness (QED) is 0.293. The van der Waals surface area contributed by atoms with Crippen molar-refractivity contribution in [3.8, 4) is 22.3 Å². The van der Waals surface area contributed by atoms with Crippen molar-refractivity contribution >= 4 is 10.8 Å². The van der Waals surface area contributed by atoms with Crippen LogP contribution in [0.4, 0.5) is 8.78 Å². The van der Waals surface area contributed by atoms with Crippen LogP contribution >= 0.6 is 0 Å². The summed E-state index contributed by atoms with van der Waals surface area (Å²) in [6, 6.07) is 23.9. The molecule has 0 aliphatic rings. The molecule has 0 fully saturated rings. The van der Waals surface area contributed by atoms with Gasteiger partial charge in [0.2, 0.25) is 0 Å². The first-order valence-corrected chi connectivity index (χ1v) is 10.2. The van der Waals surface area contributed by atoms with E-state index >= 15 is 4.39 Å². The zero-order chi connectivity index (χ0) is 20.2. The maximum atomic E-state index is 15.2. The van der Waals surface area contributed by atoms with Gasteiger partial charge < -0.3 is 0 Å². The molecule has 0 nitrogen and oxygen atoms in total. The van der Waals surface area contributed by atoms with Crippen LogP contribution in [0.3, 0.4) is 0 Å². The Balaban J connectivity index is 1.64. The monoisotopic (exact) mass is 386 g/mol. The highest BCUT2D eigenvalue weighted by atomic mass is 19.1. The average Bonchev–Trinajstić information content (AvgIpc) is 2.75. The second kappa shape index (κ2) is 8.57. The maximum absolute atomic E-state index is 15.2. The molecule has 4 aromatic rings. The summed E-state index contributed by atoms with van der Waals surface area (Å²) in [4.78, 5) is 0. The normalized spacial score (nSPS) is 11.1. The zero-order valence-electron chi connectivity index (χ0n) is 16.6. The first kappa shape index (κ1) is 19.3. The summed E-state index contributed by atoms with van der Waals surface area (Å²) >= 11 is 0. The lowest BCUT2D eigenvalue weighted by atomic mass is 9.96. The van der Waals surface area contributed by atoms with Gasteiger partial charge in [0.1, 0.15) is 11.6 Å². The van der Waals surface area contributed by atoms with E-state index in [0.29, 0.717) is 16.5 Å². The number of unbranched alkanes of at least 4 members (excludes halogenated alkanes) is 2. The van der Waals surface area contributed by atoms with Crippen molar-refractivity contribution in [3.63, 3.8) is 0 Å². The summed E-state index contributed by atoms with van der Waals surface area (Å²) in [5.74, 6) is -0.465. The molecule has 0 aliphatic heterocycles. The highest BCUT2D eigenvalue weighted by Crippen LogP contribution is 2.32. The van der Waals surface area contributed by atoms with Crippen molar-refractivity contribution in [2.75, 3.05) is 0 Å². The summed E-state index contributed by atoms with van der Waals surface area (Å²) in [5.41, 5.74) is 3.94. The van der Waals surface area contributed by atoms with E-state index in [1.165, 1.54) is 24.5 Å². The fourth-order valence-corrected chi connectivity index (χ4v) is 3.82. The molecule has 0 saturated heterocycles. The average molecular weight is 386 g/mol. The van der Waals surface area contributed by atoms with Gasteiger partial charge in [0.15, 0.2) is 0 Å². The first-order valence-electron chi connectivity index (χ1n) is 10.2. The predicted octanol–water partition coefficient (Wildman–Crippen LogP) is 8.18. The topological polar surface area (TPSA) is 0 Å². The fourth-order valence-electron chi connectivity index (χ4n) is 3.82. The molecule has 0 aromatic heterocycles. The molecule has 0 aliphatic carbocycles. The predicted molar refractivity (Wildman–Crippen MR) is 118 cm³/mol. The largest absolute Gasteiger partial charge is 0.206 e. The molecule has 146 valence electrons. The number of rotatable bonds is 6. The maximum Gasteiger partial charge on any atom is 0.138 e. The molecule has 0 atom stereocenters. The van der Waals surface area contributed by atoms with Crippen LogP contribution in [0.1, 0.15) is 31.7 Å². The van der Waals surface area contributed by atoms with Crippen molar-refractivity contribution in [1.82, 2.24) is 0 Å². The fraction of sp³-hybridized carbons (Fsp3) is 0.185. The summed E-state index contributed by atoms with van der Waals surface area (Å²) < 4.78 is 29.2. The molecule has 0 radical (unpaired) electrons. The molecular weight excluding hydrogens is 362 g/mol. The number of hydrogen-bond acceptors (Lipinski definition) is 0. The smallest absolute Gasteiger partial charge is 0.138 e. The summed E-state index contributed by atoms with van der Waals surface area (Å²) in [6.07, 6.45) is 4.61. The molecule has 2 heteroatoms. The number of halogens is 2. The molecule has 0 saturated carbocycles. The molecule has 4 aromatic carbocycles. The van der Waals surface area contributed by atoms with Crippen molar-refractivity contribution in [2.24, 2.45) is 0 Å². The van der Waals surface area contributed by atoms with Crippen LogP contribution in [0.5, 0.6) is 0 Å². The van der Waals surface area contributed by atoms with Gasteiger partial charge in [-0.2, -0.15) is 0 Å². The summed E-state index contributed by atoms with van der Waals surface area (Å²) in [5, 5.41) is 1.57. The van der Waals surface area contributed by atoms with Crippen LogP contribution in [-0.2, 0) is 6.42 Å². The van der Waals surface area contributed by atoms with E-state index in [1.54, 1.807) is 12.1 Å². The lowest BCUT2D eigenvalue weighted by Gasteiger charge is -2.10. The van der Waals surface area contributed by atoms with E-state index in [1.807, 2.05) is 54.6 Å².